The molecule has 1 aromatic carbocycles. The Labute approximate surface area is 125 Å². The average Bonchev–Trinajstić information content (AvgIpc) is 2.79. The van der Waals surface area contributed by atoms with Gasteiger partial charge in [-0.05, 0) is 25.1 Å². The maximum absolute atomic E-state index is 12.9. The zero-order valence-electron chi connectivity index (χ0n) is 10.0. The smallest absolute Gasteiger partial charge is 0.406 e. The van der Waals surface area contributed by atoms with Crippen LogP contribution in [0.4, 0.5) is 24.9 Å². The molecular weight excluding hydrogens is 362 g/mol. The third kappa shape index (κ3) is 3.43. The van der Waals surface area contributed by atoms with Crippen LogP contribution in [-0.2, 0) is 6.18 Å². The molecule has 20 heavy (non-hydrogen) atoms. The summed E-state index contributed by atoms with van der Waals surface area (Å²) in [5, 5.41) is 9.13. The van der Waals surface area contributed by atoms with Crippen LogP contribution in [0.5, 0.6) is 0 Å². The molecule has 1 aromatic heterocycles. The van der Waals surface area contributed by atoms with Crippen LogP contribution in [0.1, 0.15) is 23.8 Å². The molecule has 0 aliphatic carbocycles. The van der Waals surface area contributed by atoms with Crippen molar-refractivity contribution < 1.29 is 17.6 Å². The van der Waals surface area contributed by atoms with Gasteiger partial charge in [0.2, 0.25) is 5.89 Å². The molecule has 0 radical (unpaired) electrons. The molecule has 0 aliphatic heterocycles. The number of hydrogen-bond donors (Lipinski definition) is 1. The average molecular weight is 371 g/mol. The fraction of sp³-hybridized carbons (Fsp3) is 0.273. The highest BCUT2D eigenvalue weighted by Crippen LogP contribution is 2.37. The van der Waals surface area contributed by atoms with Gasteiger partial charge in [-0.1, -0.05) is 21.0 Å². The molecule has 0 spiro atoms. The van der Waals surface area contributed by atoms with Crippen LogP contribution in [0.25, 0.3) is 0 Å². The van der Waals surface area contributed by atoms with Crippen LogP contribution in [0.3, 0.4) is 0 Å². The number of nitrogens with zero attached hydrogens (tertiary/aromatic N) is 2. The first kappa shape index (κ1) is 15.1. The number of hydrogen-bond acceptors (Lipinski definition) is 4. The topological polar surface area (TPSA) is 51.0 Å². The molecule has 9 heteroatoms. The van der Waals surface area contributed by atoms with Crippen LogP contribution in [-0.4, -0.2) is 10.2 Å². The van der Waals surface area contributed by atoms with Crippen molar-refractivity contribution in [2.75, 3.05) is 5.32 Å². The molecular formula is C11H8BrClF3N3O. The Morgan fingerprint density at radius 2 is 2.05 bits per heavy atom. The Kier molecular flexibility index (Phi) is 4.24. The fourth-order valence-corrected chi connectivity index (χ4v) is 1.87. The van der Waals surface area contributed by atoms with Gasteiger partial charge in [-0.15, -0.1) is 16.7 Å². The lowest BCUT2D eigenvalue weighted by Crippen LogP contribution is -2.09. The molecule has 4 nitrogen and oxygen atoms in total. The van der Waals surface area contributed by atoms with Gasteiger partial charge in [0, 0.05) is 4.47 Å². The number of anilines is 2. The molecule has 0 saturated heterocycles. The minimum absolute atomic E-state index is 0.125. The first-order valence-electron chi connectivity index (χ1n) is 5.38. The van der Waals surface area contributed by atoms with Crippen molar-refractivity contribution in [2.24, 2.45) is 0 Å². The van der Waals surface area contributed by atoms with E-state index in [4.69, 9.17) is 16.0 Å². The van der Waals surface area contributed by atoms with Gasteiger partial charge in [-0.2, -0.15) is 13.2 Å². The molecule has 1 atom stereocenters. The Bertz CT molecular complexity index is 615. The summed E-state index contributed by atoms with van der Waals surface area (Å²) in [5.74, 6) is 0.125. The normalized spacial score (nSPS) is 13.3. The van der Waals surface area contributed by atoms with Crippen molar-refractivity contribution in [2.45, 2.75) is 18.5 Å². The number of rotatable bonds is 3. The molecule has 0 aliphatic rings. The van der Waals surface area contributed by atoms with Gasteiger partial charge in [0.05, 0.1) is 11.3 Å². The number of nitrogens with one attached hydrogen (secondary N) is 1. The fourth-order valence-electron chi connectivity index (χ4n) is 1.42. The van der Waals surface area contributed by atoms with E-state index < -0.39 is 17.1 Å². The molecule has 1 unspecified atom stereocenters. The molecule has 0 bridgehead atoms. The molecule has 2 rings (SSSR count). The number of alkyl halides is 4. The van der Waals surface area contributed by atoms with Gasteiger partial charge in [0.15, 0.2) is 0 Å². The minimum Gasteiger partial charge on any atom is -0.406 e. The summed E-state index contributed by atoms with van der Waals surface area (Å²) in [7, 11) is 0. The van der Waals surface area contributed by atoms with E-state index in [0.717, 1.165) is 6.07 Å². The second kappa shape index (κ2) is 5.61. The third-order valence-electron chi connectivity index (χ3n) is 2.31. The first-order valence-corrected chi connectivity index (χ1v) is 6.61. The number of benzene rings is 1. The van der Waals surface area contributed by atoms with E-state index in [1.165, 1.54) is 12.1 Å². The largest absolute Gasteiger partial charge is 0.418 e. The highest BCUT2D eigenvalue weighted by atomic mass is 79.9. The summed E-state index contributed by atoms with van der Waals surface area (Å²) in [6, 6.07) is 3.55. The van der Waals surface area contributed by atoms with Gasteiger partial charge in [-0.3, -0.25) is 0 Å². The molecule has 1 N–H and O–H groups in total. The molecule has 0 amide bonds. The van der Waals surface area contributed by atoms with Crippen LogP contribution < -0.4 is 5.32 Å². The number of aromatic nitrogens is 2. The van der Waals surface area contributed by atoms with Crippen LogP contribution in [0.2, 0.25) is 0 Å². The predicted octanol–water partition coefficient (Wildman–Crippen LogP) is 4.89. The van der Waals surface area contributed by atoms with Gasteiger partial charge < -0.3 is 9.73 Å². The molecule has 1 heterocycles. The maximum atomic E-state index is 12.9. The van der Waals surface area contributed by atoms with E-state index in [1.54, 1.807) is 6.92 Å². The standard InChI is InChI=1S/C11H8BrClF3N3O/c1-5(13)9-18-19-10(20-9)17-8-3-2-6(12)4-7(8)11(14,15)16/h2-5H,1H3,(H,17,19). The Morgan fingerprint density at radius 1 is 1.35 bits per heavy atom. The molecule has 0 saturated carbocycles. The van der Waals surface area contributed by atoms with Gasteiger partial charge in [-0.25, -0.2) is 0 Å². The molecule has 0 fully saturated rings. The maximum Gasteiger partial charge on any atom is 0.418 e. The minimum atomic E-state index is -4.51. The van der Waals surface area contributed by atoms with Crippen LogP contribution >= 0.6 is 27.5 Å². The first-order chi connectivity index (χ1) is 9.27. The SMILES string of the molecule is CC(Cl)c1nnc(Nc2ccc(Br)cc2C(F)(F)F)o1. The predicted molar refractivity (Wildman–Crippen MR) is 71.0 cm³/mol. The molecule has 108 valence electrons. The van der Waals surface area contributed by atoms with E-state index >= 15 is 0 Å². The lowest BCUT2D eigenvalue weighted by atomic mass is 10.1. The van der Waals surface area contributed by atoms with Crippen molar-refractivity contribution in [3.63, 3.8) is 0 Å². The summed E-state index contributed by atoms with van der Waals surface area (Å²) in [6.07, 6.45) is -4.51. The second-order valence-corrected chi connectivity index (χ2v) is 5.44. The quantitative estimate of drug-likeness (QED) is 0.781. The van der Waals surface area contributed by atoms with Crippen LogP contribution in [0.15, 0.2) is 27.1 Å². The van der Waals surface area contributed by atoms with Crippen molar-refractivity contribution in [3.8, 4) is 0 Å². The van der Waals surface area contributed by atoms with E-state index in [-0.39, 0.29) is 17.6 Å². The Morgan fingerprint density at radius 3 is 2.60 bits per heavy atom. The zero-order chi connectivity index (χ0) is 14.9. The highest BCUT2D eigenvalue weighted by molar-refractivity contribution is 9.10. The summed E-state index contributed by atoms with van der Waals surface area (Å²) in [6.45, 7) is 1.61. The van der Waals surface area contributed by atoms with Crippen molar-refractivity contribution >= 4 is 39.2 Å². The Balaban J connectivity index is 2.33. The van der Waals surface area contributed by atoms with Crippen molar-refractivity contribution in [1.29, 1.82) is 0 Å². The van der Waals surface area contributed by atoms with Crippen molar-refractivity contribution in [1.82, 2.24) is 10.2 Å². The Hall–Kier alpha value is -1.28. The second-order valence-electron chi connectivity index (χ2n) is 3.87. The van der Waals surface area contributed by atoms with E-state index in [2.05, 4.69) is 31.4 Å². The van der Waals surface area contributed by atoms with Crippen LogP contribution in [0, 0.1) is 0 Å². The van der Waals surface area contributed by atoms with E-state index in [9.17, 15) is 13.2 Å². The van der Waals surface area contributed by atoms with E-state index in [0.29, 0.717) is 4.47 Å². The highest BCUT2D eigenvalue weighted by Gasteiger charge is 2.34. The van der Waals surface area contributed by atoms with Gasteiger partial charge >= 0.3 is 12.2 Å². The van der Waals surface area contributed by atoms with E-state index in [1.807, 2.05) is 0 Å². The summed E-state index contributed by atoms with van der Waals surface area (Å²) < 4.78 is 44.2. The summed E-state index contributed by atoms with van der Waals surface area (Å²) >= 11 is 8.73. The monoisotopic (exact) mass is 369 g/mol. The lowest BCUT2D eigenvalue weighted by molar-refractivity contribution is -0.137. The number of halogens is 5. The third-order valence-corrected chi connectivity index (χ3v) is 2.99. The zero-order valence-corrected chi connectivity index (χ0v) is 12.3. The van der Waals surface area contributed by atoms with Gasteiger partial charge in [0.25, 0.3) is 0 Å². The lowest BCUT2D eigenvalue weighted by Gasteiger charge is -2.12. The van der Waals surface area contributed by atoms with Crippen molar-refractivity contribution in [3.05, 3.63) is 34.1 Å². The van der Waals surface area contributed by atoms with Gasteiger partial charge in [0.1, 0.15) is 5.38 Å². The summed E-state index contributed by atoms with van der Waals surface area (Å²) in [5.41, 5.74) is -1.02. The summed E-state index contributed by atoms with van der Waals surface area (Å²) in [4.78, 5) is 0. The molecule has 2 aromatic rings.